The number of rotatable bonds is 5. The van der Waals surface area contributed by atoms with Gasteiger partial charge in [0, 0.05) is 24.7 Å². The van der Waals surface area contributed by atoms with E-state index in [0.717, 1.165) is 31.2 Å². The van der Waals surface area contributed by atoms with Crippen molar-refractivity contribution in [1.82, 2.24) is 15.1 Å². The molecule has 0 spiro atoms. The molecular formula is C15H17N3O2. The number of carbonyl (C=O) groups excluding carboxylic acids is 1. The molecule has 1 aliphatic rings. The van der Waals surface area contributed by atoms with Crippen LogP contribution in [0.1, 0.15) is 43.0 Å². The molecule has 0 amide bonds. The van der Waals surface area contributed by atoms with Crippen LogP contribution in [-0.4, -0.2) is 20.9 Å². The number of ketones is 1. The molecule has 2 heterocycles. The van der Waals surface area contributed by atoms with Crippen molar-refractivity contribution in [2.75, 3.05) is 0 Å². The van der Waals surface area contributed by atoms with Gasteiger partial charge in [-0.15, -0.1) is 0 Å². The monoisotopic (exact) mass is 271 g/mol. The van der Waals surface area contributed by atoms with E-state index in [2.05, 4.69) is 15.1 Å². The fraction of sp³-hybridized carbons (Fsp3) is 0.467. The van der Waals surface area contributed by atoms with Crippen LogP contribution in [-0.2, 0) is 17.6 Å². The van der Waals surface area contributed by atoms with E-state index in [1.165, 1.54) is 0 Å². The highest BCUT2D eigenvalue weighted by Crippen LogP contribution is 2.26. The second-order valence-electron chi connectivity index (χ2n) is 5.26. The third-order valence-corrected chi connectivity index (χ3v) is 3.76. The van der Waals surface area contributed by atoms with Crippen molar-refractivity contribution >= 4 is 5.78 Å². The van der Waals surface area contributed by atoms with E-state index in [1.54, 1.807) is 12.4 Å². The summed E-state index contributed by atoms with van der Waals surface area (Å²) in [4.78, 5) is 20.3. The van der Waals surface area contributed by atoms with Crippen LogP contribution in [0.25, 0.3) is 0 Å². The van der Waals surface area contributed by atoms with Crippen LogP contribution in [0, 0.1) is 5.92 Å². The average molecular weight is 271 g/mol. The smallest absolute Gasteiger partial charge is 0.234 e. The summed E-state index contributed by atoms with van der Waals surface area (Å²) in [6, 6.07) is 3.83. The normalized spacial score (nSPS) is 15.6. The van der Waals surface area contributed by atoms with Crippen molar-refractivity contribution in [2.24, 2.45) is 5.92 Å². The lowest BCUT2D eigenvalue weighted by atomic mass is 10.0. The Hall–Kier alpha value is -2.04. The molecule has 0 aromatic carbocycles. The molecule has 0 bridgehead atoms. The zero-order valence-corrected chi connectivity index (χ0v) is 11.3. The molecule has 0 N–H and O–H groups in total. The number of hydrogen-bond acceptors (Lipinski definition) is 5. The van der Waals surface area contributed by atoms with Crippen LogP contribution in [0.3, 0.4) is 0 Å². The van der Waals surface area contributed by atoms with Gasteiger partial charge in [-0.2, -0.15) is 4.98 Å². The molecule has 2 aromatic rings. The van der Waals surface area contributed by atoms with Gasteiger partial charge in [-0.05, 0) is 30.5 Å². The summed E-state index contributed by atoms with van der Waals surface area (Å²) in [7, 11) is 0. The number of aromatic nitrogens is 3. The van der Waals surface area contributed by atoms with Crippen molar-refractivity contribution in [3.05, 3.63) is 41.8 Å². The molecule has 0 aliphatic heterocycles. The second-order valence-corrected chi connectivity index (χ2v) is 5.26. The van der Waals surface area contributed by atoms with Crippen LogP contribution in [0.2, 0.25) is 0 Å². The summed E-state index contributed by atoms with van der Waals surface area (Å²) in [5, 5.41) is 3.93. The third kappa shape index (κ3) is 3.10. The first kappa shape index (κ1) is 13.0. The van der Waals surface area contributed by atoms with Crippen molar-refractivity contribution in [2.45, 2.75) is 38.5 Å². The Morgan fingerprint density at radius 2 is 2.00 bits per heavy atom. The van der Waals surface area contributed by atoms with E-state index < -0.39 is 0 Å². The summed E-state index contributed by atoms with van der Waals surface area (Å²) in [5.74, 6) is 1.49. The molecule has 104 valence electrons. The standard InChI is InChI=1S/C15H17N3O2/c19-13(12-3-1-2-4-12)10-15-17-14(18-20-15)9-11-5-7-16-8-6-11/h5-8,12H,1-4,9-10H2. The lowest BCUT2D eigenvalue weighted by Crippen LogP contribution is -2.13. The van der Waals surface area contributed by atoms with Crippen LogP contribution < -0.4 is 0 Å². The summed E-state index contributed by atoms with van der Waals surface area (Å²) in [5.41, 5.74) is 1.08. The first-order valence-corrected chi connectivity index (χ1v) is 7.04. The van der Waals surface area contributed by atoms with Gasteiger partial charge in [-0.25, -0.2) is 0 Å². The van der Waals surface area contributed by atoms with E-state index in [0.29, 0.717) is 18.1 Å². The molecular weight excluding hydrogens is 254 g/mol. The van der Waals surface area contributed by atoms with Gasteiger partial charge in [0.25, 0.3) is 0 Å². The summed E-state index contributed by atoms with van der Waals surface area (Å²) < 4.78 is 5.17. The van der Waals surface area contributed by atoms with E-state index in [4.69, 9.17) is 4.52 Å². The zero-order valence-electron chi connectivity index (χ0n) is 11.3. The van der Waals surface area contributed by atoms with Crippen LogP contribution >= 0.6 is 0 Å². The van der Waals surface area contributed by atoms with E-state index in [-0.39, 0.29) is 18.1 Å². The molecule has 3 rings (SSSR count). The first-order chi connectivity index (χ1) is 9.81. The van der Waals surface area contributed by atoms with E-state index >= 15 is 0 Å². The zero-order chi connectivity index (χ0) is 13.8. The van der Waals surface area contributed by atoms with Crippen LogP contribution in [0.15, 0.2) is 29.0 Å². The maximum absolute atomic E-state index is 12.0. The quantitative estimate of drug-likeness (QED) is 0.835. The van der Waals surface area contributed by atoms with Gasteiger partial charge in [-0.1, -0.05) is 18.0 Å². The highest BCUT2D eigenvalue weighted by molar-refractivity contribution is 5.82. The van der Waals surface area contributed by atoms with Crippen molar-refractivity contribution in [3.63, 3.8) is 0 Å². The SMILES string of the molecule is O=C(Cc1nc(Cc2ccncc2)no1)C1CCCC1. The van der Waals surface area contributed by atoms with Crippen LogP contribution in [0.5, 0.6) is 0 Å². The first-order valence-electron chi connectivity index (χ1n) is 7.04. The number of carbonyl (C=O) groups is 1. The summed E-state index contributed by atoms with van der Waals surface area (Å²) in [6.45, 7) is 0. The van der Waals surface area contributed by atoms with Gasteiger partial charge >= 0.3 is 0 Å². The Morgan fingerprint density at radius 1 is 1.25 bits per heavy atom. The summed E-state index contributed by atoms with van der Waals surface area (Å²) in [6.07, 6.45) is 8.69. The highest BCUT2D eigenvalue weighted by Gasteiger charge is 2.24. The van der Waals surface area contributed by atoms with Gasteiger partial charge in [0.15, 0.2) is 5.82 Å². The molecule has 1 saturated carbocycles. The molecule has 0 radical (unpaired) electrons. The van der Waals surface area contributed by atoms with Gasteiger partial charge in [0.1, 0.15) is 5.78 Å². The topological polar surface area (TPSA) is 68.9 Å². The molecule has 0 atom stereocenters. The van der Waals surface area contributed by atoms with Gasteiger partial charge in [0.2, 0.25) is 5.89 Å². The fourth-order valence-corrected chi connectivity index (χ4v) is 2.66. The van der Waals surface area contributed by atoms with Crippen molar-refractivity contribution < 1.29 is 9.32 Å². The molecule has 5 heteroatoms. The van der Waals surface area contributed by atoms with Crippen LogP contribution in [0.4, 0.5) is 0 Å². The van der Waals surface area contributed by atoms with Gasteiger partial charge in [-0.3, -0.25) is 9.78 Å². The lowest BCUT2D eigenvalue weighted by Gasteiger charge is -2.04. The minimum absolute atomic E-state index is 0.200. The number of Topliss-reactive ketones (excluding diaryl/α,β-unsaturated/α-hetero) is 1. The minimum atomic E-state index is 0.200. The Balaban J connectivity index is 1.60. The highest BCUT2D eigenvalue weighted by atomic mass is 16.5. The van der Waals surface area contributed by atoms with Gasteiger partial charge in [0.05, 0.1) is 6.42 Å². The molecule has 0 saturated heterocycles. The predicted molar refractivity (Wildman–Crippen MR) is 72.0 cm³/mol. The second kappa shape index (κ2) is 5.94. The molecule has 1 fully saturated rings. The molecule has 1 aliphatic carbocycles. The summed E-state index contributed by atoms with van der Waals surface area (Å²) >= 11 is 0. The molecule has 2 aromatic heterocycles. The maximum atomic E-state index is 12.0. The number of pyridine rings is 1. The maximum Gasteiger partial charge on any atom is 0.234 e. The Bertz CT molecular complexity index is 574. The molecule has 5 nitrogen and oxygen atoms in total. The molecule has 0 unspecified atom stereocenters. The van der Waals surface area contributed by atoms with E-state index in [1.807, 2.05) is 12.1 Å². The average Bonchev–Trinajstić information content (AvgIpc) is 3.11. The Morgan fingerprint density at radius 3 is 2.75 bits per heavy atom. The fourth-order valence-electron chi connectivity index (χ4n) is 2.66. The van der Waals surface area contributed by atoms with Crippen molar-refractivity contribution in [3.8, 4) is 0 Å². The van der Waals surface area contributed by atoms with E-state index in [9.17, 15) is 4.79 Å². The number of nitrogens with zero attached hydrogens (tertiary/aromatic N) is 3. The molecule has 20 heavy (non-hydrogen) atoms. The van der Waals surface area contributed by atoms with Crippen molar-refractivity contribution in [1.29, 1.82) is 0 Å². The number of hydrogen-bond donors (Lipinski definition) is 0. The largest absolute Gasteiger partial charge is 0.339 e. The predicted octanol–water partition coefficient (Wildman–Crippen LogP) is 2.36. The minimum Gasteiger partial charge on any atom is -0.339 e. The Labute approximate surface area is 117 Å². The lowest BCUT2D eigenvalue weighted by molar-refractivity contribution is -0.122. The third-order valence-electron chi connectivity index (χ3n) is 3.76. The Kier molecular flexibility index (Phi) is 3.85. The van der Waals surface area contributed by atoms with Gasteiger partial charge < -0.3 is 4.52 Å².